The zero-order chi connectivity index (χ0) is 21.2. The van der Waals surface area contributed by atoms with Gasteiger partial charge in [0.25, 0.3) is 15.9 Å². The third-order valence-electron chi connectivity index (χ3n) is 4.32. The number of rotatable bonds is 5. The van der Waals surface area contributed by atoms with E-state index >= 15 is 0 Å². The minimum Gasteiger partial charge on any atom is -0.322 e. The highest BCUT2D eigenvalue weighted by Gasteiger charge is 2.23. The Morgan fingerprint density at radius 2 is 1.72 bits per heavy atom. The first kappa shape index (κ1) is 20.8. The normalized spacial score (nSPS) is 11.2. The van der Waals surface area contributed by atoms with Crippen molar-refractivity contribution in [2.75, 3.05) is 16.7 Å². The standard InChI is InChI=1S/C21H18ClFN2O3S/c1-14-6-9-18(10-7-14)29(27,28)25(2)17-8-11-20(22)19(13-17)21(26)24-16-5-3-4-15(23)12-16/h3-13H,1-2H3,(H,24,26). The molecule has 1 amide bonds. The van der Waals surface area contributed by atoms with Gasteiger partial charge in [-0.3, -0.25) is 9.10 Å². The Morgan fingerprint density at radius 1 is 1.03 bits per heavy atom. The van der Waals surface area contributed by atoms with Crippen LogP contribution in [0.25, 0.3) is 0 Å². The average molecular weight is 433 g/mol. The van der Waals surface area contributed by atoms with Crippen molar-refractivity contribution in [3.63, 3.8) is 0 Å². The van der Waals surface area contributed by atoms with Gasteiger partial charge in [-0.25, -0.2) is 12.8 Å². The highest BCUT2D eigenvalue weighted by Crippen LogP contribution is 2.27. The van der Waals surface area contributed by atoms with E-state index in [9.17, 15) is 17.6 Å². The number of halogens is 2. The van der Waals surface area contributed by atoms with E-state index in [0.29, 0.717) is 0 Å². The first-order valence-corrected chi connectivity index (χ1v) is 10.4. The lowest BCUT2D eigenvalue weighted by molar-refractivity contribution is 0.102. The molecule has 0 fully saturated rings. The van der Waals surface area contributed by atoms with Crippen molar-refractivity contribution < 1.29 is 17.6 Å². The van der Waals surface area contributed by atoms with E-state index < -0.39 is 21.7 Å². The van der Waals surface area contributed by atoms with Gasteiger partial charge in [0.2, 0.25) is 0 Å². The van der Waals surface area contributed by atoms with Gasteiger partial charge in [0, 0.05) is 12.7 Å². The summed E-state index contributed by atoms with van der Waals surface area (Å²) in [6, 6.07) is 16.2. The minimum atomic E-state index is -3.82. The number of nitrogens with one attached hydrogen (secondary N) is 1. The van der Waals surface area contributed by atoms with E-state index in [2.05, 4.69) is 5.32 Å². The largest absolute Gasteiger partial charge is 0.322 e. The third-order valence-corrected chi connectivity index (χ3v) is 6.45. The van der Waals surface area contributed by atoms with Crippen molar-refractivity contribution >= 4 is 38.9 Å². The van der Waals surface area contributed by atoms with Crippen LogP contribution in [-0.4, -0.2) is 21.4 Å². The summed E-state index contributed by atoms with van der Waals surface area (Å²) in [7, 11) is -2.42. The molecule has 3 aromatic carbocycles. The fourth-order valence-electron chi connectivity index (χ4n) is 2.65. The molecule has 0 aliphatic carbocycles. The lowest BCUT2D eigenvalue weighted by Gasteiger charge is -2.20. The van der Waals surface area contributed by atoms with Crippen LogP contribution in [0.15, 0.2) is 71.6 Å². The van der Waals surface area contributed by atoms with Gasteiger partial charge in [-0.1, -0.05) is 35.4 Å². The van der Waals surface area contributed by atoms with E-state index in [0.717, 1.165) is 9.87 Å². The van der Waals surface area contributed by atoms with Crippen molar-refractivity contribution in [2.45, 2.75) is 11.8 Å². The van der Waals surface area contributed by atoms with E-state index in [4.69, 9.17) is 11.6 Å². The molecular weight excluding hydrogens is 415 g/mol. The lowest BCUT2D eigenvalue weighted by Crippen LogP contribution is -2.27. The van der Waals surface area contributed by atoms with Crippen LogP contribution in [-0.2, 0) is 10.0 Å². The molecule has 150 valence electrons. The Bertz CT molecular complexity index is 1160. The average Bonchev–Trinajstić information content (AvgIpc) is 2.68. The molecule has 8 heteroatoms. The van der Waals surface area contributed by atoms with Crippen LogP contribution in [0.1, 0.15) is 15.9 Å². The molecule has 29 heavy (non-hydrogen) atoms. The summed E-state index contributed by atoms with van der Waals surface area (Å²) in [4.78, 5) is 12.7. The maximum atomic E-state index is 13.3. The van der Waals surface area contributed by atoms with Crippen molar-refractivity contribution in [1.82, 2.24) is 0 Å². The summed E-state index contributed by atoms with van der Waals surface area (Å²) in [5, 5.41) is 2.69. The van der Waals surface area contributed by atoms with Crippen molar-refractivity contribution in [3.05, 3.63) is 88.7 Å². The van der Waals surface area contributed by atoms with Crippen LogP contribution < -0.4 is 9.62 Å². The van der Waals surface area contributed by atoms with Gasteiger partial charge in [-0.15, -0.1) is 0 Å². The Hall–Kier alpha value is -2.90. The van der Waals surface area contributed by atoms with Gasteiger partial charge >= 0.3 is 0 Å². The first-order chi connectivity index (χ1) is 13.7. The van der Waals surface area contributed by atoms with Gasteiger partial charge in [0.1, 0.15) is 5.82 Å². The van der Waals surface area contributed by atoms with Crippen LogP contribution in [0.3, 0.4) is 0 Å². The minimum absolute atomic E-state index is 0.0689. The fraction of sp³-hybridized carbons (Fsp3) is 0.0952. The van der Waals surface area contributed by atoms with Crippen molar-refractivity contribution in [2.24, 2.45) is 0 Å². The van der Waals surface area contributed by atoms with Crippen molar-refractivity contribution in [1.29, 1.82) is 0 Å². The number of carbonyl (C=O) groups excluding carboxylic acids is 1. The predicted molar refractivity (Wildman–Crippen MR) is 113 cm³/mol. The Morgan fingerprint density at radius 3 is 2.38 bits per heavy atom. The second-order valence-electron chi connectivity index (χ2n) is 6.41. The summed E-state index contributed by atoms with van der Waals surface area (Å²) in [6.07, 6.45) is 0. The maximum Gasteiger partial charge on any atom is 0.264 e. The Kier molecular flexibility index (Phi) is 5.91. The van der Waals surface area contributed by atoms with Gasteiger partial charge in [0.05, 0.1) is 21.2 Å². The summed E-state index contributed by atoms with van der Waals surface area (Å²) >= 11 is 6.14. The fourth-order valence-corrected chi connectivity index (χ4v) is 4.05. The third kappa shape index (κ3) is 4.58. The molecule has 3 rings (SSSR count). The van der Waals surface area contributed by atoms with Crippen molar-refractivity contribution in [3.8, 4) is 0 Å². The number of aryl methyl sites for hydroxylation is 1. The van der Waals surface area contributed by atoms with E-state index in [1.807, 2.05) is 6.92 Å². The Labute approximate surface area is 173 Å². The Balaban J connectivity index is 1.91. The predicted octanol–water partition coefficient (Wildman–Crippen LogP) is 4.86. The summed E-state index contributed by atoms with van der Waals surface area (Å²) in [5.74, 6) is -1.07. The molecule has 0 heterocycles. The number of amides is 1. The molecule has 0 spiro atoms. The monoisotopic (exact) mass is 432 g/mol. The molecule has 1 N–H and O–H groups in total. The van der Waals surface area contributed by atoms with Crippen LogP contribution >= 0.6 is 11.6 Å². The molecule has 0 radical (unpaired) electrons. The molecule has 0 unspecified atom stereocenters. The molecule has 5 nitrogen and oxygen atoms in total. The van der Waals surface area contributed by atoms with E-state index in [1.165, 1.54) is 61.6 Å². The summed E-state index contributed by atoms with van der Waals surface area (Å²) in [5.41, 5.74) is 1.53. The molecule has 0 aliphatic heterocycles. The number of anilines is 2. The van der Waals surface area contributed by atoms with Gasteiger partial charge in [-0.05, 0) is 55.5 Å². The molecule has 0 saturated heterocycles. The topological polar surface area (TPSA) is 66.5 Å². The number of hydrogen-bond donors (Lipinski definition) is 1. The highest BCUT2D eigenvalue weighted by atomic mass is 35.5. The van der Waals surface area contributed by atoms with Gasteiger partial charge in [-0.2, -0.15) is 0 Å². The van der Waals surface area contributed by atoms with Crippen LogP contribution in [0.4, 0.5) is 15.8 Å². The van der Waals surface area contributed by atoms with E-state index in [1.54, 1.807) is 12.1 Å². The zero-order valence-electron chi connectivity index (χ0n) is 15.7. The second-order valence-corrected chi connectivity index (χ2v) is 8.79. The quantitative estimate of drug-likeness (QED) is 0.625. The molecule has 0 saturated carbocycles. The number of nitrogens with zero attached hydrogens (tertiary/aromatic N) is 1. The molecule has 0 atom stereocenters. The van der Waals surface area contributed by atoms with E-state index in [-0.39, 0.29) is 26.9 Å². The molecule has 0 bridgehead atoms. The number of carbonyl (C=O) groups is 1. The SMILES string of the molecule is Cc1ccc(S(=O)(=O)N(C)c2ccc(Cl)c(C(=O)Nc3cccc(F)c3)c2)cc1. The van der Waals surface area contributed by atoms with Crippen LogP contribution in [0.2, 0.25) is 5.02 Å². The number of benzene rings is 3. The smallest absolute Gasteiger partial charge is 0.264 e. The lowest BCUT2D eigenvalue weighted by atomic mass is 10.1. The highest BCUT2D eigenvalue weighted by molar-refractivity contribution is 7.92. The second kappa shape index (κ2) is 8.23. The number of hydrogen-bond acceptors (Lipinski definition) is 3. The van der Waals surface area contributed by atoms with Crippen LogP contribution in [0.5, 0.6) is 0 Å². The maximum absolute atomic E-state index is 13.3. The van der Waals surface area contributed by atoms with Crippen LogP contribution in [0, 0.1) is 12.7 Å². The molecule has 0 aliphatic rings. The summed E-state index contributed by atoms with van der Waals surface area (Å²) < 4.78 is 40.2. The van der Waals surface area contributed by atoms with Gasteiger partial charge in [0.15, 0.2) is 0 Å². The van der Waals surface area contributed by atoms with Gasteiger partial charge < -0.3 is 5.32 Å². The molecular formula is C21H18ClFN2O3S. The molecule has 3 aromatic rings. The number of sulfonamides is 1. The zero-order valence-corrected chi connectivity index (χ0v) is 17.3. The molecule has 0 aromatic heterocycles. The first-order valence-electron chi connectivity index (χ1n) is 8.60. The summed E-state index contributed by atoms with van der Waals surface area (Å²) in [6.45, 7) is 1.86.